The fourth-order valence-electron chi connectivity index (χ4n) is 1.42. The highest BCUT2D eigenvalue weighted by Gasteiger charge is 2.15. The van der Waals surface area contributed by atoms with E-state index in [1.807, 2.05) is 0 Å². The predicted molar refractivity (Wildman–Crippen MR) is 61.7 cm³/mol. The van der Waals surface area contributed by atoms with Crippen LogP contribution in [0.3, 0.4) is 0 Å². The fraction of sp³-hybridized carbons (Fsp3) is 0.0909. The number of carbonyl (C=O) groups excluding carboxylic acids is 1. The van der Waals surface area contributed by atoms with Crippen LogP contribution in [-0.2, 0) is 4.79 Å². The van der Waals surface area contributed by atoms with Crippen LogP contribution < -0.4 is 20.5 Å². The normalized spacial score (nSPS) is 12.7. The van der Waals surface area contributed by atoms with Crippen LogP contribution in [-0.4, -0.2) is 18.7 Å². The highest BCUT2D eigenvalue weighted by Crippen LogP contribution is 2.35. The second-order valence-corrected chi connectivity index (χ2v) is 3.32. The van der Waals surface area contributed by atoms with Crippen LogP contribution in [0, 0.1) is 5.41 Å². The molecule has 1 aliphatic heterocycles. The van der Waals surface area contributed by atoms with Crippen molar-refractivity contribution in [1.29, 1.82) is 5.41 Å². The molecule has 6 heteroatoms. The van der Waals surface area contributed by atoms with Gasteiger partial charge in [-0.3, -0.25) is 15.5 Å². The Bertz CT molecular complexity index is 497. The molecule has 0 fully saturated rings. The van der Waals surface area contributed by atoms with Crippen molar-refractivity contribution in [2.45, 2.75) is 0 Å². The number of hydrogen-bond donors (Lipinski definition) is 3. The topological polar surface area (TPSA) is 97.4 Å². The third kappa shape index (κ3) is 2.54. The maximum atomic E-state index is 11.2. The van der Waals surface area contributed by atoms with Gasteiger partial charge in [0.15, 0.2) is 17.5 Å². The molecule has 0 atom stereocenters. The summed E-state index contributed by atoms with van der Waals surface area (Å²) in [6.45, 7) is 0.180. The largest absolute Gasteiger partial charge is 0.454 e. The van der Waals surface area contributed by atoms with Gasteiger partial charge in [0.1, 0.15) is 0 Å². The van der Waals surface area contributed by atoms with Crippen molar-refractivity contribution >= 4 is 17.9 Å². The Balaban J connectivity index is 2.14. The van der Waals surface area contributed by atoms with Crippen molar-refractivity contribution in [2.75, 3.05) is 6.79 Å². The van der Waals surface area contributed by atoms with Gasteiger partial charge in [0.25, 0.3) is 5.91 Å². The van der Waals surface area contributed by atoms with Crippen LogP contribution >= 0.6 is 0 Å². The molecule has 0 spiro atoms. The lowest BCUT2D eigenvalue weighted by Gasteiger charge is -2.00. The molecule has 0 unspecified atom stereocenters. The van der Waals surface area contributed by atoms with E-state index in [0.29, 0.717) is 11.5 Å². The minimum atomic E-state index is -0.464. The lowest BCUT2D eigenvalue weighted by Crippen LogP contribution is -2.34. The van der Waals surface area contributed by atoms with Crippen molar-refractivity contribution in [3.8, 4) is 11.5 Å². The van der Waals surface area contributed by atoms with Gasteiger partial charge < -0.3 is 15.2 Å². The number of rotatable bonds is 2. The lowest BCUT2D eigenvalue weighted by atomic mass is 10.1. The second-order valence-electron chi connectivity index (χ2n) is 3.32. The first-order valence-electron chi connectivity index (χ1n) is 4.88. The molecular weight excluding hydrogens is 222 g/mol. The fourth-order valence-corrected chi connectivity index (χ4v) is 1.42. The molecule has 1 amide bonds. The Kier molecular flexibility index (Phi) is 2.95. The van der Waals surface area contributed by atoms with Crippen molar-refractivity contribution in [1.82, 2.24) is 5.32 Å². The third-order valence-corrected chi connectivity index (χ3v) is 2.10. The first-order chi connectivity index (χ1) is 8.16. The van der Waals surface area contributed by atoms with E-state index in [1.165, 1.54) is 6.08 Å². The Hall–Kier alpha value is -2.50. The summed E-state index contributed by atoms with van der Waals surface area (Å²) >= 11 is 0. The van der Waals surface area contributed by atoms with Crippen LogP contribution in [0.1, 0.15) is 5.56 Å². The van der Waals surface area contributed by atoms with Gasteiger partial charge in [-0.2, -0.15) is 0 Å². The molecule has 0 aliphatic carbocycles. The molecule has 17 heavy (non-hydrogen) atoms. The maximum Gasteiger partial charge on any atom is 0.250 e. The van der Waals surface area contributed by atoms with Crippen molar-refractivity contribution in [3.63, 3.8) is 0 Å². The summed E-state index contributed by atoms with van der Waals surface area (Å²) in [7, 11) is 0. The molecule has 1 heterocycles. The van der Waals surface area contributed by atoms with Crippen LogP contribution in [0.25, 0.3) is 6.08 Å². The monoisotopic (exact) mass is 233 g/mol. The molecule has 6 nitrogen and oxygen atoms in total. The molecule has 0 saturated carbocycles. The van der Waals surface area contributed by atoms with Gasteiger partial charge in [-0.15, -0.1) is 0 Å². The number of amides is 1. The zero-order valence-corrected chi connectivity index (χ0v) is 8.90. The summed E-state index contributed by atoms with van der Waals surface area (Å²) in [4.78, 5) is 11.2. The van der Waals surface area contributed by atoms with E-state index in [0.717, 1.165) is 5.56 Å². The summed E-state index contributed by atoms with van der Waals surface area (Å²) < 4.78 is 10.5. The highest BCUT2D eigenvalue weighted by molar-refractivity contribution is 6.02. The van der Waals surface area contributed by atoms with E-state index in [9.17, 15) is 4.79 Å². The minimum Gasteiger partial charge on any atom is -0.454 e. The van der Waals surface area contributed by atoms with Crippen LogP contribution in [0.4, 0.5) is 0 Å². The number of ether oxygens (including phenoxy) is 2. The van der Waals surface area contributed by atoms with Gasteiger partial charge in [0.05, 0.1) is 0 Å². The molecule has 1 aliphatic rings. The maximum absolute atomic E-state index is 11.2. The van der Waals surface area contributed by atoms with E-state index < -0.39 is 11.9 Å². The SMILES string of the molecule is N=C(N)NC(=O)C=Cc1cccc2c1OCO2. The van der Waals surface area contributed by atoms with E-state index in [1.54, 1.807) is 24.3 Å². The smallest absolute Gasteiger partial charge is 0.250 e. The summed E-state index contributed by atoms with van der Waals surface area (Å²) in [5.41, 5.74) is 5.76. The predicted octanol–water partition coefficient (Wildman–Crippen LogP) is 0.438. The van der Waals surface area contributed by atoms with E-state index in [2.05, 4.69) is 5.32 Å². The number of fused-ring (bicyclic) bond motifs is 1. The highest BCUT2D eigenvalue weighted by atomic mass is 16.7. The second kappa shape index (κ2) is 4.56. The standard InChI is InChI=1S/C11H11N3O3/c12-11(13)14-9(15)5-4-7-2-1-3-8-10(7)17-6-16-8/h1-5H,6H2,(H4,12,13,14,15). The zero-order chi connectivity index (χ0) is 12.3. The number of hydrogen-bond acceptors (Lipinski definition) is 4. The number of carbonyl (C=O) groups is 1. The Labute approximate surface area is 97.5 Å². The summed E-state index contributed by atoms with van der Waals surface area (Å²) in [5.74, 6) is 0.407. The van der Waals surface area contributed by atoms with Gasteiger partial charge in [-0.25, -0.2) is 0 Å². The van der Waals surface area contributed by atoms with Gasteiger partial charge in [-0.05, 0) is 12.1 Å². The first kappa shape index (κ1) is 11.0. The Morgan fingerprint density at radius 2 is 2.29 bits per heavy atom. The molecule has 0 radical (unpaired) electrons. The Morgan fingerprint density at radius 3 is 3.06 bits per heavy atom. The summed E-state index contributed by atoms with van der Waals surface area (Å²) in [6, 6.07) is 5.39. The molecule has 0 saturated heterocycles. The van der Waals surface area contributed by atoms with Gasteiger partial charge in [0.2, 0.25) is 6.79 Å². The van der Waals surface area contributed by atoms with Gasteiger partial charge in [0, 0.05) is 11.6 Å². The van der Waals surface area contributed by atoms with Gasteiger partial charge in [-0.1, -0.05) is 12.1 Å². The number of nitrogens with one attached hydrogen (secondary N) is 2. The minimum absolute atomic E-state index is 0.180. The quantitative estimate of drug-likeness (QED) is 0.392. The molecule has 4 N–H and O–H groups in total. The Morgan fingerprint density at radius 1 is 1.47 bits per heavy atom. The van der Waals surface area contributed by atoms with Crippen molar-refractivity contribution < 1.29 is 14.3 Å². The molecule has 1 aromatic rings. The van der Waals surface area contributed by atoms with E-state index in [4.69, 9.17) is 20.6 Å². The van der Waals surface area contributed by atoms with E-state index in [-0.39, 0.29) is 6.79 Å². The third-order valence-electron chi connectivity index (χ3n) is 2.10. The van der Waals surface area contributed by atoms with Crippen LogP contribution in [0.2, 0.25) is 0 Å². The van der Waals surface area contributed by atoms with E-state index >= 15 is 0 Å². The summed E-state index contributed by atoms with van der Waals surface area (Å²) in [6.07, 6.45) is 2.85. The summed E-state index contributed by atoms with van der Waals surface area (Å²) in [5, 5.41) is 9.04. The molecule has 2 rings (SSSR count). The number of nitrogens with two attached hydrogens (primary N) is 1. The van der Waals surface area contributed by atoms with Crippen molar-refractivity contribution in [3.05, 3.63) is 29.8 Å². The number of benzene rings is 1. The number of para-hydroxylation sites is 1. The molecule has 0 aromatic heterocycles. The first-order valence-corrected chi connectivity index (χ1v) is 4.88. The van der Waals surface area contributed by atoms with Gasteiger partial charge >= 0.3 is 0 Å². The number of guanidine groups is 1. The average Bonchev–Trinajstić information content (AvgIpc) is 2.73. The van der Waals surface area contributed by atoms with Crippen LogP contribution in [0.5, 0.6) is 11.5 Å². The zero-order valence-electron chi connectivity index (χ0n) is 8.90. The lowest BCUT2D eigenvalue weighted by molar-refractivity contribution is -0.115. The molecule has 0 bridgehead atoms. The van der Waals surface area contributed by atoms with Crippen LogP contribution in [0.15, 0.2) is 24.3 Å². The molecule has 88 valence electrons. The van der Waals surface area contributed by atoms with Crippen molar-refractivity contribution in [2.24, 2.45) is 5.73 Å². The molecule has 1 aromatic carbocycles. The molecular formula is C11H11N3O3. The average molecular weight is 233 g/mol.